The molecule has 1 N–H and O–H groups in total. The molecule has 0 spiro atoms. The Balaban J connectivity index is 1.99. The van der Waals surface area contributed by atoms with Gasteiger partial charge in [0.15, 0.2) is 0 Å². The highest BCUT2D eigenvalue weighted by Gasteiger charge is 2.19. The number of hydrogen-bond donors (Lipinski definition) is 1. The molecule has 0 saturated heterocycles. The number of amides is 3. The molecule has 0 fully saturated rings. The maximum absolute atomic E-state index is 11.9. The number of carbonyl (C=O) groups excluding carboxylic acids is 2. The fourth-order valence-corrected chi connectivity index (χ4v) is 1.73. The number of aromatic nitrogens is 2. The third-order valence-corrected chi connectivity index (χ3v) is 2.98. The molecule has 0 atom stereocenters. The molecule has 0 aliphatic heterocycles. The third-order valence-electron chi connectivity index (χ3n) is 2.98. The number of nitrogens with one attached hydrogen (secondary N) is 1. The van der Waals surface area contributed by atoms with Crippen LogP contribution in [0.5, 0.6) is 0 Å². The molecule has 0 saturated carbocycles. The van der Waals surface area contributed by atoms with E-state index in [0.717, 1.165) is 17.7 Å². The molecular weight excluding hydrogens is 272 g/mol. The van der Waals surface area contributed by atoms with Crippen LogP contribution in [0.4, 0.5) is 9.59 Å². The topological polar surface area (TPSA) is 76.5 Å². The number of imide groups is 1. The average Bonchev–Trinajstić information content (AvgIpc) is 2.90. The molecule has 21 heavy (non-hydrogen) atoms. The highest BCUT2D eigenvalue weighted by atomic mass is 16.7. The number of rotatable bonds is 4. The van der Waals surface area contributed by atoms with Gasteiger partial charge in [-0.3, -0.25) is 0 Å². The summed E-state index contributed by atoms with van der Waals surface area (Å²) in [5, 5.41) is 2.64. The lowest BCUT2D eigenvalue weighted by Gasteiger charge is -2.15. The monoisotopic (exact) mass is 290 g/mol. The number of fused-ring (bicyclic) bond motifs is 1. The number of para-hydroxylation sites is 2. The molecule has 7 heteroatoms. The van der Waals surface area contributed by atoms with E-state index in [0.29, 0.717) is 17.6 Å². The Morgan fingerprint density at radius 3 is 2.90 bits per heavy atom. The van der Waals surface area contributed by atoms with Gasteiger partial charge in [0.25, 0.3) is 0 Å². The lowest BCUT2D eigenvalue weighted by molar-refractivity contribution is 0.110. The summed E-state index contributed by atoms with van der Waals surface area (Å²) in [6, 6.07) is 6.75. The van der Waals surface area contributed by atoms with E-state index >= 15 is 0 Å². The van der Waals surface area contributed by atoms with E-state index in [9.17, 15) is 9.59 Å². The van der Waals surface area contributed by atoms with Crippen LogP contribution in [0.25, 0.3) is 11.0 Å². The molecule has 0 radical (unpaired) electrons. The van der Waals surface area contributed by atoms with E-state index in [2.05, 4.69) is 10.3 Å². The van der Waals surface area contributed by atoms with Gasteiger partial charge in [0.2, 0.25) is 0 Å². The van der Waals surface area contributed by atoms with Crippen molar-refractivity contribution in [3.63, 3.8) is 0 Å². The van der Waals surface area contributed by atoms with Crippen molar-refractivity contribution in [2.75, 3.05) is 13.6 Å². The molecule has 1 aromatic carbocycles. The average molecular weight is 290 g/mol. The minimum atomic E-state index is -0.771. The zero-order valence-corrected chi connectivity index (χ0v) is 12.1. The highest BCUT2D eigenvalue weighted by molar-refractivity contribution is 5.90. The Bertz CT molecular complexity index is 638. The van der Waals surface area contributed by atoms with Crippen LogP contribution in [0, 0.1) is 0 Å². The fourth-order valence-electron chi connectivity index (χ4n) is 1.73. The van der Waals surface area contributed by atoms with Crippen molar-refractivity contribution in [2.45, 2.75) is 19.8 Å². The predicted molar refractivity (Wildman–Crippen MR) is 77.8 cm³/mol. The van der Waals surface area contributed by atoms with Crippen LogP contribution >= 0.6 is 0 Å². The Morgan fingerprint density at radius 1 is 1.38 bits per heavy atom. The zero-order valence-electron chi connectivity index (χ0n) is 12.1. The van der Waals surface area contributed by atoms with Crippen LogP contribution in [0.15, 0.2) is 30.6 Å². The standard InChI is InChI=1S/C14H18N4O3/c1-3-4-9-15-13(19)17(2)14(20)21-18-10-16-11-7-5-6-8-12(11)18/h5-8,10H,3-4,9H2,1-2H3,(H,15,19). The van der Waals surface area contributed by atoms with Crippen LogP contribution in [0.1, 0.15) is 19.8 Å². The largest absolute Gasteiger partial charge is 0.442 e. The van der Waals surface area contributed by atoms with Gasteiger partial charge in [0.1, 0.15) is 11.8 Å². The van der Waals surface area contributed by atoms with Gasteiger partial charge in [0, 0.05) is 13.6 Å². The minimum Gasteiger partial charge on any atom is -0.338 e. The zero-order chi connectivity index (χ0) is 15.2. The summed E-state index contributed by atoms with van der Waals surface area (Å²) >= 11 is 0. The Morgan fingerprint density at radius 2 is 2.14 bits per heavy atom. The van der Waals surface area contributed by atoms with Crippen LogP contribution in [-0.4, -0.2) is 40.3 Å². The van der Waals surface area contributed by atoms with E-state index in [1.165, 1.54) is 18.1 Å². The lowest BCUT2D eigenvalue weighted by atomic mass is 10.3. The van der Waals surface area contributed by atoms with Gasteiger partial charge < -0.3 is 10.2 Å². The van der Waals surface area contributed by atoms with Gasteiger partial charge in [-0.05, 0) is 18.6 Å². The molecule has 1 heterocycles. The summed E-state index contributed by atoms with van der Waals surface area (Å²) in [4.78, 5) is 33.8. The maximum atomic E-state index is 11.9. The van der Waals surface area contributed by atoms with Crippen molar-refractivity contribution in [1.29, 1.82) is 0 Å². The van der Waals surface area contributed by atoms with Crippen molar-refractivity contribution in [2.24, 2.45) is 0 Å². The highest BCUT2D eigenvalue weighted by Crippen LogP contribution is 2.10. The summed E-state index contributed by atoms with van der Waals surface area (Å²) in [5.41, 5.74) is 1.37. The smallest absolute Gasteiger partial charge is 0.338 e. The van der Waals surface area contributed by atoms with Gasteiger partial charge in [-0.1, -0.05) is 25.5 Å². The minimum absolute atomic E-state index is 0.488. The molecule has 2 aromatic rings. The molecule has 0 aliphatic rings. The fraction of sp³-hybridized carbons (Fsp3) is 0.357. The summed E-state index contributed by atoms with van der Waals surface area (Å²) in [5.74, 6) is 0. The summed E-state index contributed by atoms with van der Waals surface area (Å²) in [6.07, 6.45) is 2.45. The van der Waals surface area contributed by atoms with Crippen LogP contribution in [0.3, 0.4) is 0 Å². The third kappa shape index (κ3) is 3.50. The van der Waals surface area contributed by atoms with Crippen molar-refractivity contribution in [3.05, 3.63) is 30.6 Å². The van der Waals surface area contributed by atoms with Gasteiger partial charge in [-0.2, -0.15) is 4.73 Å². The Hall–Kier alpha value is -2.57. The molecule has 3 amide bonds. The molecular formula is C14H18N4O3. The first kappa shape index (κ1) is 14.8. The van der Waals surface area contributed by atoms with Crippen molar-refractivity contribution in [3.8, 4) is 0 Å². The predicted octanol–water partition coefficient (Wildman–Crippen LogP) is 2.03. The van der Waals surface area contributed by atoms with Crippen LogP contribution in [-0.2, 0) is 0 Å². The normalized spacial score (nSPS) is 10.4. The van der Waals surface area contributed by atoms with Crippen LogP contribution in [0.2, 0.25) is 0 Å². The summed E-state index contributed by atoms with van der Waals surface area (Å²) in [7, 11) is 1.36. The summed E-state index contributed by atoms with van der Waals surface area (Å²) in [6.45, 7) is 2.55. The van der Waals surface area contributed by atoms with E-state index in [1.54, 1.807) is 12.1 Å². The first-order valence-electron chi connectivity index (χ1n) is 6.79. The molecule has 1 aromatic heterocycles. The SMILES string of the molecule is CCCCNC(=O)N(C)C(=O)On1cnc2ccccc21. The molecule has 112 valence electrons. The molecule has 0 unspecified atom stereocenters. The number of hydrogen-bond acceptors (Lipinski definition) is 4. The van der Waals surface area contributed by atoms with E-state index in [4.69, 9.17) is 4.84 Å². The van der Waals surface area contributed by atoms with Crippen molar-refractivity contribution >= 4 is 23.2 Å². The van der Waals surface area contributed by atoms with E-state index in [-0.39, 0.29) is 0 Å². The number of benzene rings is 1. The molecule has 2 rings (SSSR count). The first-order chi connectivity index (χ1) is 10.1. The summed E-state index contributed by atoms with van der Waals surface area (Å²) < 4.78 is 1.24. The second-order valence-corrected chi connectivity index (χ2v) is 4.56. The second kappa shape index (κ2) is 6.74. The molecule has 7 nitrogen and oxygen atoms in total. The van der Waals surface area contributed by atoms with E-state index < -0.39 is 12.1 Å². The van der Waals surface area contributed by atoms with Crippen molar-refractivity contribution in [1.82, 2.24) is 19.9 Å². The van der Waals surface area contributed by atoms with Crippen LogP contribution < -0.4 is 10.2 Å². The number of nitrogens with zero attached hydrogens (tertiary/aromatic N) is 3. The van der Waals surface area contributed by atoms with Gasteiger partial charge in [0.05, 0.1) is 5.52 Å². The molecule has 0 aliphatic carbocycles. The lowest BCUT2D eigenvalue weighted by Crippen LogP contribution is -2.44. The number of carbonyl (C=O) groups is 2. The van der Waals surface area contributed by atoms with E-state index in [1.807, 2.05) is 19.1 Å². The quantitative estimate of drug-likeness (QED) is 0.874. The maximum Gasteiger partial charge on any atom is 0.442 e. The van der Waals surface area contributed by atoms with Gasteiger partial charge in [-0.25, -0.2) is 19.5 Å². The number of imidazole rings is 1. The number of unbranched alkanes of at least 4 members (excludes halogenated alkanes) is 1. The Labute approximate surface area is 122 Å². The van der Waals surface area contributed by atoms with Gasteiger partial charge in [-0.15, -0.1) is 0 Å². The second-order valence-electron chi connectivity index (χ2n) is 4.56. The number of urea groups is 1. The van der Waals surface area contributed by atoms with Crippen molar-refractivity contribution < 1.29 is 14.4 Å². The Kier molecular flexibility index (Phi) is 4.76. The first-order valence-corrected chi connectivity index (χ1v) is 6.79. The molecule has 0 bridgehead atoms. The van der Waals surface area contributed by atoms with Gasteiger partial charge >= 0.3 is 12.1 Å².